The zero-order chi connectivity index (χ0) is 23.2. The summed E-state index contributed by atoms with van der Waals surface area (Å²) in [5, 5.41) is 6.61. The van der Waals surface area contributed by atoms with Crippen LogP contribution in [0.5, 0.6) is 0 Å². The van der Waals surface area contributed by atoms with Crippen LogP contribution in [0.15, 0.2) is 72.8 Å². The Bertz CT molecular complexity index is 1120. The molecule has 0 bridgehead atoms. The van der Waals surface area contributed by atoms with Gasteiger partial charge in [0.1, 0.15) is 0 Å². The minimum absolute atomic E-state index is 0.193. The van der Waals surface area contributed by atoms with E-state index in [1.165, 1.54) is 17.3 Å². The number of amides is 1. The lowest BCUT2D eigenvalue weighted by Gasteiger charge is -2.36. The van der Waals surface area contributed by atoms with Crippen molar-refractivity contribution in [3.8, 4) is 0 Å². The monoisotopic (exact) mass is 498 g/mol. The number of piperazine rings is 1. The van der Waals surface area contributed by atoms with Gasteiger partial charge in [-0.2, -0.15) is 0 Å². The van der Waals surface area contributed by atoms with Crippen molar-refractivity contribution < 1.29 is 4.79 Å². The van der Waals surface area contributed by atoms with Gasteiger partial charge in [0, 0.05) is 49.1 Å². The number of hydrogen-bond donors (Lipinski definition) is 2. The Morgan fingerprint density at radius 2 is 1.61 bits per heavy atom. The van der Waals surface area contributed by atoms with Crippen molar-refractivity contribution in [2.24, 2.45) is 0 Å². The van der Waals surface area contributed by atoms with Crippen molar-refractivity contribution in [2.45, 2.75) is 6.54 Å². The summed E-state index contributed by atoms with van der Waals surface area (Å²) in [5.74, 6) is -0.412. The van der Waals surface area contributed by atoms with Crippen LogP contribution in [0.1, 0.15) is 15.9 Å². The first-order valence-electron chi connectivity index (χ1n) is 10.7. The number of benzene rings is 3. The minimum Gasteiger partial charge on any atom is -0.369 e. The van der Waals surface area contributed by atoms with E-state index in [2.05, 4.69) is 62.9 Å². The van der Waals surface area contributed by atoms with E-state index in [-0.39, 0.29) is 10.7 Å². The second-order valence-corrected chi connectivity index (χ2v) is 9.08. The smallest absolute Gasteiger partial charge is 0.258 e. The third-order valence-electron chi connectivity index (χ3n) is 5.51. The zero-order valence-electron chi connectivity index (χ0n) is 17.9. The first-order chi connectivity index (χ1) is 16.0. The lowest BCUT2D eigenvalue weighted by Crippen LogP contribution is -2.45. The molecule has 0 aromatic heterocycles. The molecular formula is C25H24Cl2N4OS. The van der Waals surface area contributed by atoms with Crippen molar-refractivity contribution in [3.05, 3.63) is 94.0 Å². The van der Waals surface area contributed by atoms with E-state index in [1.54, 1.807) is 12.1 Å². The lowest BCUT2D eigenvalue weighted by atomic mass is 10.2. The Morgan fingerprint density at radius 3 is 2.30 bits per heavy atom. The molecule has 0 aliphatic carbocycles. The molecule has 0 saturated carbocycles. The first-order valence-corrected chi connectivity index (χ1v) is 11.8. The molecular weight excluding hydrogens is 475 g/mol. The molecule has 1 amide bonds. The molecule has 0 atom stereocenters. The summed E-state index contributed by atoms with van der Waals surface area (Å²) < 4.78 is 0. The maximum absolute atomic E-state index is 12.4. The Morgan fingerprint density at radius 1 is 0.909 bits per heavy atom. The third-order valence-corrected chi connectivity index (χ3v) is 6.28. The molecule has 170 valence electrons. The van der Waals surface area contributed by atoms with E-state index in [1.807, 2.05) is 12.1 Å². The number of halogens is 2. The third kappa shape index (κ3) is 6.45. The van der Waals surface area contributed by atoms with E-state index < -0.39 is 5.91 Å². The summed E-state index contributed by atoms with van der Waals surface area (Å²) in [5.41, 5.74) is 3.58. The molecule has 3 aromatic rings. The van der Waals surface area contributed by atoms with Gasteiger partial charge < -0.3 is 10.2 Å². The van der Waals surface area contributed by atoms with E-state index in [4.69, 9.17) is 35.4 Å². The molecule has 1 aliphatic rings. The largest absolute Gasteiger partial charge is 0.369 e. The Balaban J connectivity index is 1.27. The van der Waals surface area contributed by atoms with Crippen LogP contribution in [0.25, 0.3) is 0 Å². The van der Waals surface area contributed by atoms with Crippen molar-refractivity contribution >= 4 is 57.8 Å². The van der Waals surface area contributed by atoms with E-state index in [0.717, 1.165) is 38.4 Å². The van der Waals surface area contributed by atoms with Crippen LogP contribution in [0.3, 0.4) is 0 Å². The predicted molar refractivity (Wildman–Crippen MR) is 141 cm³/mol. The van der Waals surface area contributed by atoms with Gasteiger partial charge in [0.15, 0.2) is 5.11 Å². The summed E-state index contributed by atoms with van der Waals surface area (Å²) >= 11 is 17.3. The van der Waals surface area contributed by atoms with Crippen LogP contribution in [0.2, 0.25) is 10.0 Å². The highest BCUT2D eigenvalue weighted by atomic mass is 35.5. The minimum atomic E-state index is -0.412. The second-order valence-electron chi connectivity index (χ2n) is 7.83. The Kier molecular flexibility index (Phi) is 7.83. The van der Waals surface area contributed by atoms with Crippen LogP contribution in [-0.4, -0.2) is 42.1 Å². The molecule has 0 unspecified atom stereocenters. The van der Waals surface area contributed by atoms with Gasteiger partial charge in [-0.25, -0.2) is 0 Å². The molecule has 1 heterocycles. The predicted octanol–water partition coefficient (Wildman–Crippen LogP) is 5.44. The molecule has 5 nitrogen and oxygen atoms in total. The maximum Gasteiger partial charge on any atom is 0.258 e. The van der Waals surface area contributed by atoms with Gasteiger partial charge in [-0.1, -0.05) is 53.5 Å². The van der Waals surface area contributed by atoms with Crippen LogP contribution >= 0.6 is 35.4 Å². The average molecular weight is 499 g/mol. The van der Waals surface area contributed by atoms with Crippen molar-refractivity contribution in [1.29, 1.82) is 0 Å². The molecule has 3 aromatic carbocycles. The van der Waals surface area contributed by atoms with E-state index in [0.29, 0.717) is 10.0 Å². The highest BCUT2D eigenvalue weighted by molar-refractivity contribution is 7.80. The highest BCUT2D eigenvalue weighted by Gasteiger charge is 2.17. The summed E-state index contributed by atoms with van der Waals surface area (Å²) in [7, 11) is 0. The molecule has 0 spiro atoms. The van der Waals surface area contributed by atoms with Gasteiger partial charge in [-0.3, -0.25) is 15.0 Å². The van der Waals surface area contributed by atoms with Crippen LogP contribution in [-0.2, 0) is 6.54 Å². The number of carbonyl (C=O) groups excluding carboxylic acids is 1. The SMILES string of the molecule is O=C(NC(=S)Nc1ccc(N2CCN(Cc3ccccc3)CC2)cc1)c1cc(Cl)ccc1Cl. The van der Waals surface area contributed by atoms with Crippen molar-refractivity contribution in [2.75, 3.05) is 36.4 Å². The fourth-order valence-corrected chi connectivity index (χ4v) is 4.35. The van der Waals surface area contributed by atoms with Crippen molar-refractivity contribution in [1.82, 2.24) is 10.2 Å². The maximum atomic E-state index is 12.4. The molecule has 1 fully saturated rings. The Labute approximate surface area is 209 Å². The summed E-state index contributed by atoms with van der Waals surface area (Å²) in [6.45, 7) is 5.00. The summed E-state index contributed by atoms with van der Waals surface area (Å²) in [4.78, 5) is 17.3. The molecule has 4 rings (SSSR count). The van der Waals surface area contributed by atoms with Gasteiger partial charge in [-0.05, 0) is 60.2 Å². The second kappa shape index (κ2) is 11.0. The fourth-order valence-electron chi connectivity index (χ4n) is 3.77. The van der Waals surface area contributed by atoms with E-state index >= 15 is 0 Å². The van der Waals surface area contributed by atoms with Gasteiger partial charge in [0.25, 0.3) is 5.91 Å². The van der Waals surface area contributed by atoms with Gasteiger partial charge >= 0.3 is 0 Å². The molecule has 0 radical (unpaired) electrons. The Hall–Kier alpha value is -2.64. The average Bonchev–Trinajstić information content (AvgIpc) is 2.82. The van der Waals surface area contributed by atoms with Crippen LogP contribution < -0.4 is 15.5 Å². The molecule has 33 heavy (non-hydrogen) atoms. The lowest BCUT2D eigenvalue weighted by molar-refractivity contribution is 0.0978. The first kappa shape index (κ1) is 23.5. The topological polar surface area (TPSA) is 47.6 Å². The summed E-state index contributed by atoms with van der Waals surface area (Å²) in [6, 6.07) is 23.3. The number of nitrogens with one attached hydrogen (secondary N) is 2. The molecule has 1 saturated heterocycles. The number of hydrogen-bond acceptors (Lipinski definition) is 4. The number of carbonyl (C=O) groups is 1. The number of nitrogens with zero attached hydrogens (tertiary/aromatic N) is 2. The quantitative estimate of drug-likeness (QED) is 0.458. The normalized spacial score (nSPS) is 14.1. The molecule has 2 N–H and O–H groups in total. The van der Waals surface area contributed by atoms with Gasteiger partial charge in [0.05, 0.1) is 10.6 Å². The van der Waals surface area contributed by atoms with Crippen LogP contribution in [0.4, 0.5) is 11.4 Å². The van der Waals surface area contributed by atoms with Gasteiger partial charge in [0.2, 0.25) is 0 Å². The molecule has 8 heteroatoms. The number of rotatable bonds is 5. The highest BCUT2D eigenvalue weighted by Crippen LogP contribution is 2.22. The zero-order valence-corrected chi connectivity index (χ0v) is 20.3. The van der Waals surface area contributed by atoms with Crippen LogP contribution in [0, 0.1) is 0 Å². The number of thiocarbonyl (C=S) groups is 1. The summed E-state index contributed by atoms with van der Waals surface area (Å²) in [6.07, 6.45) is 0. The van der Waals surface area contributed by atoms with Gasteiger partial charge in [-0.15, -0.1) is 0 Å². The number of anilines is 2. The van der Waals surface area contributed by atoms with Crippen molar-refractivity contribution in [3.63, 3.8) is 0 Å². The molecule has 1 aliphatic heterocycles. The standard InChI is InChI=1S/C25H24Cl2N4OS/c26-19-6-11-23(27)22(16-19)24(32)29-25(33)28-20-7-9-21(10-8-20)31-14-12-30(13-15-31)17-18-4-2-1-3-5-18/h1-11,16H,12-15,17H2,(H2,28,29,32,33). The van der Waals surface area contributed by atoms with E-state index in [9.17, 15) is 4.79 Å². The fraction of sp³-hybridized carbons (Fsp3) is 0.200.